The molecule has 0 atom stereocenters. The van der Waals surface area contributed by atoms with Gasteiger partial charge in [-0.2, -0.15) is 0 Å². The van der Waals surface area contributed by atoms with Crippen molar-refractivity contribution < 1.29 is 13.5 Å². The minimum atomic E-state index is -2.58. The molecule has 5 heteroatoms. The standard InChI is InChI=1S/C19H20BrF2NO/c1-14-9-17(20)10-16(11-23-8-7-19(21,22)13-23)18(14)24-12-15-5-3-2-4-6-15/h2-6,9-10H,7-8,11-13H2,1H3. The Bertz CT molecular complexity index is 706. The molecule has 3 rings (SSSR count). The fourth-order valence-corrected chi connectivity index (χ4v) is 3.66. The summed E-state index contributed by atoms with van der Waals surface area (Å²) in [6.07, 6.45) is -0.0693. The number of alkyl halides is 2. The zero-order valence-corrected chi connectivity index (χ0v) is 15.2. The molecule has 1 aliphatic heterocycles. The Balaban J connectivity index is 1.77. The van der Waals surface area contributed by atoms with E-state index in [1.165, 1.54) is 0 Å². The molecule has 0 unspecified atom stereocenters. The number of aryl methyl sites for hydroxylation is 1. The van der Waals surface area contributed by atoms with E-state index < -0.39 is 5.92 Å². The van der Waals surface area contributed by atoms with Crippen LogP contribution in [0, 0.1) is 6.92 Å². The number of hydrogen-bond donors (Lipinski definition) is 0. The summed E-state index contributed by atoms with van der Waals surface area (Å²) in [6, 6.07) is 13.9. The number of benzene rings is 2. The molecular weight excluding hydrogens is 376 g/mol. The van der Waals surface area contributed by atoms with E-state index in [1.54, 1.807) is 4.90 Å². The maximum atomic E-state index is 13.4. The third-order valence-electron chi connectivity index (χ3n) is 4.18. The van der Waals surface area contributed by atoms with Gasteiger partial charge in [-0.15, -0.1) is 0 Å². The summed E-state index contributed by atoms with van der Waals surface area (Å²) in [5.41, 5.74) is 3.02. The van der Waals surface area contributed by atoms with Gasteiger partial charge in [0.25, 0.3) is 5.92 Å². The van der Waals surface area contributed by atoms with Gasteiger partial charge in [-0.25, -0.2) is 8.78 Å². The fraction of sp³-hybridized carbons (Fsp3) is 0.368. The van der Waals surface area contributed by atoms with Crippen molar-refractivity contribution in [3.63, 3.8) is 0 Å². The van der Waals surface area contributed by atoms with Crippen LogP contribution in [0.25, 0.3) is 0 Å². The largest absolute Gasteiger partial charge is 0.488 e. The fourth-order valence-electron chi connectivity index (χ4n) is 3.04. The Morgan fingerprint density at radius 3 is 2.62 bits per heavy atom. The van der Waals surface area contributed by atoms with Gasteiger partial charge in [-0.05, 0) is 30.2 Å². The van der Waals surface area contributed by atoms with Crippen LogP contribution in [0.5, 0.6) is 5.75 Å². The van der Waals surface area contributed by atoms with E-state index in [2.05, 4.69) is 15.9 Å². The molecule has 1 fully saturated rings. The van der Waals surface area contributed by atoms with E-state index in [9.17, 15) is 8.78 Å². The zero-order chi connectivity index (χ0) is 17.2. The van der Waals surface area contributed by atoms with E-state index in [0.717, 1.165) is 26.9 Å². The lowest BCUT2D eigenvalue weighted by atomic mass is 10.1. The molecular formula is C19H20BrF2NO. The Labute approximate surface area is 149 Å². The van der Waals surface area contributed by atoms with Crippen molar-refractivity contribution >= 4 is 15.9 Å². The van der Waals surface area contributed by atoms with E-state index >= 15 is 0 Å². The Kier molecular flexibility index (Phi) is 5.21. The summed E-state index contributed by atoms with van der Waals surface area (Å²) in [4.78, 5) is 1.79. The smallest absolute Gasteiger partial charge is 0.261 e. The minimum absolute atomic E-state index is 0.0693. The van der Waals surface area contributed by atoms with Crippen LogP contribution in [0.4, 0.5) is 8.78 Å². The Morgan fingerprint density at radius 1 is 1.21 bits per heavy atom. The van der Waals surface area contributed by atoms with Gasteiger partial charge in [-0.3, -0.25) is 4.90 Å². The van der Waals surface area contributed by atoms with Crippen LogP contribution < -0.4 is 4.74 Å². The quantitative estimate of drug-likeness (QED) is 0.691. The van der Waals surface area contributed by atoms with Crippen LogP contribution in [0.15, 0.2) is 46.9 Å². The Morgan fingerprint density at radius 2 is 1.96 bits per heavy atom. The summed E-state index contributed by atoms with van der Waals surface area (Å²) in [7, 11) is 0. The number of rotatable bonds is 5. The molecule has 0 aromatic heterocycles. The highest BCUT2D eigenvalue weighted by molar-refractivity contribution is 9.10. The zero-order valence-electron chi connectivity index (χ0n) is 13.6. The van der Waals surface area contributed by atoms with Crippen molar-refractivity contribution in [2.75, 3.05) is 13.1 Å². The van der Waals surface area contributed by atoms with E-state index in [-0.39, 0.29) is 13.0 Å². The highest BCUT2D eigenvalue weighted by Crippen LogP contribution is 2.33. The maximum absolute atomic E-state index is 13.4. The first-order chi connectivity index (χ1) is 11.4. The van der Waals surface area contributed by atoms with Gasteiger partial charge >= 0.3 is 0 Å². The van der Waals surface area contributed by atoms with Crippen LogP contribution in [-0.2, 0) is 13.2 Å². The van der Waals surface area contributed by atoms with Crippen molar-refractivity contribution in [1.29, 1.82) is 0 Å². The molecule has 0 amide bonds. The molecule has 1 heterocycles. The second-order valence-corrected chi connectivity index (χ2v) is 7.22. The lowest BCUT2D eigenvalue weighted by molar-refractivity contribution is 0.0114. The SMILES string of the molecule is Cc1cc(Br)cc(CN2CCC(F)(F)C2)c1OCc1ccccc1. The molecule has 128 valence electrons. The number of likely N-dealkylation sites (tertiary alicyclic amines) is 1. The third-order valence-corrected chi connectivity index (χ3v) is 4.64. The van der Waals surface area contributed by atoms with Crippen LogP contribution >= 0.6 is 15.9 Å². The summed E-state index contributed by atoms with van der Waals surface area (Å²) in [6.45, 7) is 3.15. The molecule has 1 aliphatic rings. The second-order valence-electron chi connectivity index (χ2n) is 6.30. The minimum Gasteiger partial charge on any atom is -0.488 e. The first kappa shape index (κ1) is 17.4. The average molecular weight is 396 g/mol. The average Bonchev–Trinajstić information content (AvgIpc) is 2.86. The van der Waals surface area contributed by atoms with Crippen molar-refractivity contribution in [2.45, 2.75) is 32.4 Å². The van der Waals surface area contributed by atoms with Crippen molar-refractivity contribution in [3.05, 3.63) is 63.6 Å². The maximum Gasteiger partial charge on any atom is 0.261 e. The monoisotopic (exact) mass is 395 g/mol. The molecule has 0 N–H and O–H groups in total. The number of nitrogens with zero attached hydrogens (tertiary/aromatic N) is 1. The van der Waals surface area contributed by atoms with Gasteiger partial charge < -0.3 is 4.74 Å². The second kappa shape index (κ2) is 7.19. The molecule has 24 heavy (non-hydrogen) atoms. The lowest BCUT2D eigenvalue weighted by Gasteiger charge is -2.20. The van der Waals surface area contributed by atoms with Gasteiger partial charge in [0.2, 0.25) is 0 Å². The van der Waals surface area contributed by atoms with Crippen LogP contribution in [-0.4, -0.2) is 23.9 Å². The first-order valence-corrected chi connectivity index (χ1v) is 8.78. The van der Waals surface area contributed by atoms with E-state index in [4.69, 9.17) is 4.74 Å². The summed E-state index contributed by atoms with van der Waals surface area (Å²) in [5.74, 6) is -1.79. The summed E-state index contributed by atoms with van der Waals surface area (Å²) >= 11 is 3.49. The Hall–Kier alpha value is -1.46. The molecule has 1 saturated heterocycles. The van der Waals surface area contributed by atoms with Crippen molar-refractivity contribution in [1.82, 2.24) is 4.90 Å². The lowest BCUT2D eigenvalue weighted by Crippen LogP contribution is -2.25. The number of halogens is 3. The molecule has 0 bridgehead atoms. The molecule has 0 spiro atoms. The molecule has 2 aromatic rings. The summed E-state index contributed by atoms with van der Waals surface area (Å²) in [5, 5.41) is 0. The summed E-state index contributed by atoms with van der Waals surface area (Å²) < 4.78 is 33.9. The highest BCUT2D eigenvalue weighted by atomic mass is 79.9. The molecule has 2 aromatic carbocycles. The normalized spacial score (nSPS) is 17.2. The predicted molar refractivity (Wildman–Crippen MR) is 94.5 cm³/mol. The van der Waals surface area contributed by atoms with Gasteiger partial charge in [0, 0.05) is 29.5 Å². The predicted octanol–water partition coefficient (Wildman–Crippen LogP) is 5.18. The molecule has 0 aliphatic carbocycles. The van der Waals surface area contributed by atoms with Gasteiger partial charge in [0.05, 0.1) is 6.54 Å². The highest BCUT2D eigenvalue weighted by Gasteiger charge is 2.38. The molecule has 0 saturated carbocycles. The van der Waals surface area contributed by atoms with Gasteiger partial charge in [-0.1, -0.05) is 46.3 Å². The number of hydrogen-bond acceptors (Lipinski definition) is 2. The van der Waals surface area contributed by atoms with Crippen LogP contribution in [0.1, 0.15) is 23.1 Å². The molecule has 0 radical (unpaired) electrons. The molecule has 2 nitrogen and oxygen atoms in total. The van der Waals surface area contributed by atoms with Crippen LogP contribution in [0.3, 0.4) is 0 Å². The van der Waals surface area contributed by atoms with Gasteiger partial charge in [0.15, 0.2) is 0 Å². The van der Waals surface area contributed by atoms with E-state index in [0.29, 0.717) is 19.7 Å². The van der Waals surface area contributed by atoms with Crippen LogP contribution in [0.2, 0.25) is 0 Å². The third kappa shape index (κ3) is 4.33. The van der Waals surface area contributed by atoms with Gasteiger partial charge in [0.1, 0.15) is 12.4 Å². The van der Waals surface area contributed by atoms with Crippen molar-refractivity contribution in [3.8, 4) is 5.75 Å². The first-order valence-electron chi connectivity index (χ1n) is 7.99. The van der Waals surface area contributed by atoms with Crippen molar-refractivity contribution in [2.24, 2.45) is 0 Å². The number of ether oxygens (including phenoxy) is 1. The topological polar surface area (TPSA) is 12.5 Å². The van der Waals surface area contributed by atoms with E-state index in [1.807, 2.05) is 49.4 Å².